The zero-order valence-corrected chi connectivity index (χ0v) is 12.9. The Morgan fingerprint density at radius 2 is 2.09 bits per heavy atom. The Bertz CT molecular complexity index is 697. The second-order valence-corrected chi connectivity index (χ2v) is 5.50. The van der Waals surface area contributed by atoms with Gasteiger partial charge in [0.25, 0.3) is 0 Å². The van der Waals surface area contributed by atoms with Gasteiger partial charge in [-0.15, -0.1) is 0 Å². The van der Waals surface area contributed by atoms with Crippen molar-refractivity contribution in [3.05, 3.63) is 54.0 Å². The van der Waals surface area contributed by atoms with Crippen LogP contribution in [-0.4, -0.2) is 24.5 Å². The molecular weight excluding hydrogens is 294 g/mol. The molecule has 1 aromatic carbocycles. The number of para-hydroxylation sites is 1. The van der Waals surface area contributed by atoms with Gasteiger partial charge < -0.3 is 20.0 Å². The smallest absolute Gasteiger partial charge is 0.315 e. The minimum atomic E-state index is -0.599. The minimum absolute atomic E-state index is 0.108. The van der Waals surface area contributed by atoms with Gasteiger partial charge in [0.1, 0.15) is 11.8 Å². The molecule has 0 saturated carbocycles. The molecule has 0 aliphatic carbocycles. The summed E-state index contributed by atoms with van der Waals surface area (Å²) in [7, 11) is 0. The molecule has 0 spiro atoms. The maximum Gasteiger partial charge on any atom is 0.315 e. The quantitative estimate of drug-likeness (QED) is 0.907. The fourth-order valence-corrected chi connectivity index (χ4v) is 2.69. The van der Waals surface area contributed by atoms with Crippen LogP contribution >= 0.6 is 0 Å². The van der Waals surface area contributed by atoms with E-state index in [0.717, 1.165) is 17.7 Å². The van der Waals surface area contributed by atoms with E-state index in [4.69, 9.17) is 4.42 Å². The maximum atomic E-state index is 12.5. The van der Waals surface area contributed by atoms with Crippen molar-refractivity contribution in [1.29, 1.82) is 0 Å². The third kappa shape index (κ3) is 3.36. The number of carbonyl (C=O) groups excluding carboxylic acids is 2. The van der Waals surface area contributed by atoms with Crippen molar-refractivity contribution in [3.63, 3.8) is 0 Å². The molecule has 0 unspecified atom stereocenters. The predicted octanol–water partition coefficient (Wildman–Crippen LogP) is 2.06. The Balaban J connectivity index is 1.55. The van der Waals surface area contributed by atoms with E-state index in [1.54, 1.807) is 30.2 Å². The van der Waals surface area contributed by atoms with Gasteiger partial charge in [-0.05, 0) is 37.1 Å². The summed E-state index contributed by atoms with van der Waals surface area (Å²) in [6.45, 7) is 2.63. The SMILES string of the molecule is C[C@H](NC(=O)NCc1ccco1)C(=O)N1CCc2ccccc21. The molecule has 3 amide bonds. The van der Waals surface area contributed by atoms with Gasteiger partial charge in [-0.3, -0.25) is 4.79 Å². The van der Waals surface area contributed by atoms with Crippen LogP contribution in [0.2, 0.25) is 0 Å². The fraction of sp³-hybridized carbons (Fsp3) is 0.294. The molecule has 0 saturated heterocycles. The van der Waals surface area contributed by atoms with Gasteiger partial charge in [-0.2, -0.15) is 0 Å². The van der Waals surface area contributed by atoms with Crippen molar-refractivity contribution in [3.8, 4) is 0 Å². The van der Waals surface area contributed by atoms with Crippen LogP contribution in [0.3, 0.4) is 0 Å². The number of anilines is 1. The van der Waals surface area contributed by atoms with Crippen molar-refractivity contribution in [2.75, 3.05) is 11.4 Å². The first-order chi connectivity index (χ1) is 11.1. The molecule has 1 aliphatic rings. The molecular formula is C17H19N3O3. The number of nitrogens with one attached hydrogen (secondary N) is 2. The Labute approximate surface area is 134 Å². The average Bonchev–Trinajstić information content (AvgIpc) is 3.21. The van der Waals surface area contributed by atoms with Crippen molar-refractivity contribution >= 4 is 17.6 Å². The number of hydrogen-bond acceptors (Lipinski definition) is 3. The summed E-state index contributed by atoms with van der Waals surface area (Å²) in [5.74, 6) is 0.552. The summed E-state index contributed by atoms with van der Waals surface area (Å²) >= 11 is 0. The van der Waals surface area contributed by atoms with Gasteiger partial charge in [-0.1, -0.05) is 18.2 Å². The molecule has 120 valence electrons. The number of rotatable bonds is 4. The third-order valence-corrected chi connectivity index (χ3v) is 3.87. The topological polar surface area (TPSA) is 74.6 Å². The van der Waals surface area contributed by atoms with E-state index >= 15 is 0 Å². The average molecular weight is 313 g/mol. The van der Waals surface area contributed by atoms with Gasteiger partial charge in [0.2, 0.25) is 5.91 Å². The molecule has 1 aromatic heterocycles. The monoisotopic (exact) mass is 313 g/mol. The Kier molecular flexibility index (Phi) is 4.32. The van der Waals surface area contributed by atoms with E-state index in [9.17, 15) is 9.59 Å². The molecule has 2 heterocycles. The Morgan fingerprint density at radius 3 is 2.87 bits per heavy atom. The molecule has 0 radical (unpaired) electrons. The predicted molar refractivity (Wildman–Crippen MR) is 86.0 cm³/mol. The van der Waals surface area contributed by atoms with Gasteiger partial charge in [-0.25, -0.2) is 4.79 Å². The normalized spacial score (nSPS) is 14.2. The molecule has 6 nitrogen and oxygen atoms in total. The lowest BCUT2D eigenvalue weighted by atomic mass is 10.2. The van der Waals surface area contributed by atoms with E-state index < -0.39 is 12.1 Å². The first-order valence-corrected chi connectivity index (χ1v) is 7.61. The van der Waals surface area contributed by atoms with Crippen LogP contribution in [0.15, 0.2) is 47.1 Å². The highest BCUT2D eigenvalue weighted by Gasteiger charge is 2.28. The van der Waals surface area contributed by atoms with Crippen LogP contribution in [0.25, 0.3) is 0 Å². The third-order valence-electron chi connectivity index (χ3n) is 3.87. The van der Waals surface area contributed by atoms with E-state index in [0.29, 0.717) is 12.3 Å². The standard InChI is InChI=1S/C17H19N3O3/c1-12(19-17(22)18-11-14-6-4-10-23-14)16(21)20-9-8-13-5-2-3-7-15(13)20/h2-7,10,12H,8-9,11H2,1H3,(H2,18,19,22)/t12-/m0/s1. The summed E-state index contributed by atoms with van der Waals surface area (Å²) in [5, 5.41) is 5.33. The molecule has 0 bridgehead atoms. The Morgan fingerprint density at radius 1 is 1.26 bits per heavy atom. The number of hydrogen-bond donors (Lipinski definition) is 2. The van der Waals surface area contributed by atoms with Crippen LogP contribution in [0.1, 0.15) is 18.2 Å². The molecule has 23 heavy (non-hydrogen) atoms. The lowest BCUT2D eigenvalue weighted by molar-refractivity contribution is -0.119. The van der Waals surface area contributed by atoms with Crippen LogP contribution in [0, 0.1) is 0 Å². The summed E-state index contributed by atoms with van der Waals surface area (Å²) < 4.78 is 5.14. The molecule has 2 N–H and O–H groups in total. The number of urea groups is 1. The van der Waals surface area contributed by atoms with Gasteiger partial charge in [0.05, 0.1) is 12.8 Å². The highest BCUT2D eigenvalue weighted by atomic mass is 16.3. The van der Waals surface area contributed by atoms with E-state index in [1.165, 1.54) is 0 Å². The number of fused-ring (bicyclic) bond motifs is 1. The van der Waals surface area contributed by atoms with Crippen molar-refractivity contribution in [1.82, 2.24) is 10.6 Å². The van der Waals surface area contributed by atoms with Crippen LogP contribution in [0.5, 0.6) is 0 Å². The molecule has 3 rings (SSSR count). The summed E-state index contributed by atoms with van der Waals surface area (Å²) in [4.78, 5) is 26.1. The van der Waals surface area contributed by atoms with Gasteiger partial charge in [0.15, 0.2) is 0 Å². The molecule has 1 aliphatic heterocycles. The largest absolute Gasteiger partial charge is 0.467 e. The second-order valence-electron chi connectivity index (χ2n) is 5.50. The number of amides is 3. The summed E-state index contributed by atoms with van der Waals surface area (Å²) in [6, 6.07) is 10.4. The van der Waals surface area contributed by atoms with Crippen molar-refractivity contribution in [2.24, 2.45) is 0 Å². The highest BCUT2D eigenvalue weighted by molar-refractivity contribution is 6.00. The number of furan rings is 1. The molecule has 6 heteroatoms. The van der Waals surface area contributed by atoms with Crippen LogP contribution < -0.4 is 15.5 Å². The first kappa shape index (κ1) is 15.1. The zero-order chi connectivity index (χ0) is 16.2. The maximum absolute atomic E-state index is 12.5. The summed E-state index contributed by atoms with van der Waals surface area (Å²) in [5.41, 5.74) is 2.09. The second kappa shape index (κ2) is 6.56. The number of benzene rings is 1. The number of nitrogens with zero attached hydrogens (tertiary/aromatic N) is 1. The van der Waals surface area contributed by atoms with Gasteiger partial charge >= 0.3 is 6.03 Å². The lowest BCUT2D eigenvalue weighted by Crippen LogP contribution is -2.49. The molecule has 1 atom stereocenters. The van der Waals surface area contributed by atoms with Crippen molar-refractivity contribution in [2.45, 2.75) is 25.9 Å². The van der Waals surface area contributed by atoms with Crippen LogP contribution in [-0.2, 0) is 17.8 Å². The van der Waals surface area contributed by atoms with E-state index in [-0.39, 0.29) is 12.5 Å². The first-order valence-electron chi connectivity index (χ1n) is 7.61. The molecule has 0 fully saturated rings. The van der Waals surface area contributed by atoms with E-state index in [1.807, 2.05) is 24.3 Å². The zero-order valence-electron chi connectivity index (χ0n) is 12.9. The number of carbonyl (C=O) groups is 2. The van der Waals surface area contributed by atoms with Gasteiger partial charge in [0, 0.05) is 12.2 Å². The van der Waals surface area contributed by atoms with E-state index in [2.05, 4.69) is 10.6 Å². The fourth-order valence-electron chi connectivity index (χ4n) is 2.69. The van der Waals surface area contributed by atoms with Crippen LogP contribution in [0.4, 0.5) is 10.5 Å². The highest BCUT2D eigenvalue weighted by Crippen LogP contribution is 2.27. The lowest BCUT2D eigenvalue weighted by Gasteiger charge is -2.22. The van der Waals surface area contributed by atoms with Crippen molar-refractivity contribution < 1.29 is 14.0 Å². The minimum Gasteiger partial charge on any atom is -0.467 e. The summed E-state index contributed by atoms with van der Waals surface area (Å²) in [6.07, 6.45) is 2.39. The molecule has 2 aromatic rings. The Hall–Kier alpha value is -2.76.